The van der Waals surface area contributed by atoms with Crippen LogP contribution in [0.1, 0.15) is 0 Å². The fraction of sp³-hybridized carbons (Fsp3) is 0. The van der Waals surface area contributed by atoms with Gasteiger partial charge < -0.3 is 0 Å². The summed E-state index contributed by atoms with van der Waals surface area (Å²) < 4.78 is 0. The third-order valence-electron chi connectivity index (χ3n) is 11.3. The van der Waals surface area contributed by atoms with Crippen molar-refractivity contribution in [2.45, 2.75) is 0 Å². The van der Waals surface area contributed by atoms with E-state index in [0.29, 0.717) is 29.0 Å². The van der Waals surface area contributed by atoms with E-state index in [0.717, 1.165) is 84.1 Å². The number of nitrogens with zero attached hydrogens (tertiary/aromatic N) is 8. The summed E-state index contributed by atoms with van der Waals surface area (Å²) in [6.45, 7) is 0. The Morgan fingerprint density at radius 2 is 0.515 bits per heavy atom. The molecule has 5 aromatic heterocycles. The molecule has 6 aromatic carbocycles. The number of rotatable bonds is 10. The number of pyridine rings is 3. The molecule has 66 heavy (non-hydrogen) atoms. The van der Waals surface area contributed by atoms with Gasteiger partial charge in [-0.3, -0.25) is 9.97 Å². The van der Waals surface area contributed by atoms with Gasteiger partial charge in [-0.2, -0.15) is 0 Å². The monoisotopic (exact) mass is 846 g/mol. The fourth-order valence-electron chi connectivity index (χ4n) is 7.82. The SMILES string of the molecule is c1ccc(-c2cc(-c3ccc(-c4ccc(-c5nc(-c6ccccc6)cc(-c6ccccc6)n5)cc4)cn3)nc(-c3ccc(-c4nc(-c5ccccc5)nc(-c5ccccc5)n4)cn3)c2)cc1. The lowest BCUT2D eigenvalue weighted by Crippen LogP contribution is -2.00. The molecule has 0 saturated carbocycles. The van der Waals surface area contributed by atoms with Gasteiger partial charge in [0.2, 0.25) is 0 Å². The second-order valence-corrected chi connectivity index (χ2v) is 15.7. The second-order valence-electron chi connectivity index (χ2n) is 15.7. The number of hydrogen-bond acceptors (Lipinski definition) is 8. The van der Waals surface area contributed by atoms with E-state index < -0.39 is 0 Å². The van der Waals surface area contributed by atoms with Gasteiger partial charge in [-0.25, -0.2) is 29.9 Å². The topological polar surface area (TPSA) is 103 Å². The van der Waals surface area contributed by atoms with Crippen molar-refractivity contribution in [1.29, 1.82) is 0 Å². The highest BCUT2D eigenvalue weighted by Crippen LogP contribution is 2.33. The largest absolute Gasteiger partial charge is 0.254 e. The molecule has 0 N–H and O–H groups in total. The lowest BCUT2D eigenvalue weighted by molar-refractivity contribution is 1.07. The van der Waals surface area contributed by atoms with E-state index in [9.17, 15) is 0 Å². The van der Waals surface area contributed by atoms with Crippen molar-refractivity contribution in [2.24, 2.45) is 0 Å². The van der Waals surface area contributed by atoms with Gasteiger partial charge >= 0.3 is 0 Å². The van der Waals surface area contributed by atoms with Crippen LogP contribution in [-0.4, -0.2) is 39.9 Å². The Bertz CT molecular complexity index is 3290. The summed E-state index contributed by atoms with van der Waals surface area (Å²) >= 11 is 0. The van der Waals surface area contributed by atoms with Crippen LogP contribution in [0.15, 0.2) is 231 Å². The van der Waals surface area contributed by atoms with Crippen LogP contribution in [0.25, 0.3) is 113 Å². The first-order valence-corrected chi connectivity index (χ1v) is 21.7. The minimum atomic E-state index is 0.537. The Morgan fingerprint density at radius 1 is 0.182 bits per heavy atom. The van der Waals surface area contributed by atoms with Gasteiger partial charge in [-0.15, -0.1) is 0 Å². The minimum Gasteiger partial charge on any atom is -0.254 e. The van der Waals surface area contributed by atoms with Gasteiger partial charge in [0.1, 0.15) is 0 Å². The van der Waals surface area contributed by atoms with Crippen molar-refractivity contribution < 1.29 is 0 Å². The Hall–Kier alpha value is -9.14. The van der Waals surface area contributed by atoms with E-state index in [4.69, 9.17) is 39.9 Å². The summed E-state index contributed by atoms with van der Waals surface area (Å²) in [7, 11) is 0. The molecule has 11 rings (SSSR count). The minimum absolute atomic E-state index is 0.537. The summed E-state index contributed by atoms with van der Waals surface area (Å²) in [5, 5.41) is 0. The predicted molar refractivity (Wildman–Crippen MR) is 263 cm³/mol. The summed E-state index contributed by atoms with van der Waals surface area (Å²) in [6.07, 6.45) is 3.70. The molecule has 310 valence electrons. The van der Waals surface area contributed by atoms with Crippen molar-refractivity contribution in [3.8, 4) is 113 Å². The third kappa shape index (κ3) is 8.50. The Balaban J connectivity index is 0.899. The summed E-state index contributed by atoms with van der Waals surface area (Å²) in [6, 6.07) is 73.2. The van der Waals surface area contributed by atoms with E-state index >= 15 is 0 Å². The zero-order valence-electron chi connectivity index (χ0n) is 35.5. The van der Waals surface area contributed by atoms with E-state index in [1.807, 2.05) is 140 Å². The molecule has 0 aliphatic carbocycles. The van der Waals surface area contributed by atoms with E-state index in [1.54, 1.807) is 6.20 Å². The van der Waals surface area contributed by atoms with Crippen LogP contribution in [0.3, 0.4) is 0 Å². The van der Waals surface area contributed by atoms with Crippen LogP contribution in [0.4, 0.5) is 0 Å². The van der Waals surface area contributed by atoms with Crippen LogP contribution in [-0.2, 0) is 0 Å². The first-order valence-electron chi connectivity index (χ1n) is 21.7. The predicted octanol–water partition coefficient (Wildman–Crippen LogP) is 13.5. The zero-order valence-corrected chi connectivity index (χ0v) is 35.5. The standard InChI is InChI=1S/C58H38N8/c1-6-16-39(17-7-1)48-34-53(61-54(35-48)50-33-31-47(38-60-50)58-65-56(43-22-12-4-13-23-43)64-57(66-58)44-24-14-5-15-25-44)49-32-30-46(37-59-49)40-26-28-45(29-27-40)55-62-51(41-18-8-2-9-19-41)36-52(63-55)42-20-10-3-11-21-42/h1-38H. The highest BCUT2D eigenvalue weighted by atomic mass is 15.0. The van der Waals surface area contributed by atoms with Gasteiger partial charge in [0, 0.05) is 51.3 Å². The lowest BCUT2D eigenvalue weighted by Gasteiger charge is -2.11. The van der Waals surface area contributed by atoms with Crippen LogP contribution >= 0.6 is 0 Å². The highest BCUT2D eigenvalue weighted by molar-refractivity contribution is 5.77. The maximum atomic E-state index is 5.13. The Labute approximate surface area is 382 Å². The molecule has 0 saturated heterocycles. The van der Waals surface area contributed by atoms with E-state index in [-0.39, 0.29) is 0 Å². The zero-order chi connectivity index (χ0) is 44.1. The maximum absolute atomic E-state index is 5.13. The van der Waals surface area contributed by atoms with Crippen LogP contribution < -0.4 is 0 Å². The van der Waals surface area contributed by atoms with Crippen molar-refractivity contribution in [2.75, 3.05) is 0 Å². The van der Waals surface area contributed by atoms with Gasteiger partial charge in [0.15, 0.2) is 23.3 Å². The first-order chi connectivity index (χ1) is 32.7. The second kappa shape index (κ2) is 17.9. The lowest BCUT2D eigenvalue weighted by atomic mass is 10.0. The van der Waals surface area contributed by atoms with Gasteiger partial charge in [0.05, 0.1) is 34.2 Å². The molecule has 0 atom stereocenters. The summed E-state index contributed by atoms with van der Waals surface area (Å²) in [4.78, 5) is 39.7. The first kappa shape index (κ1) is 39.7. The van der Waals surface area contributed by atoms with Crippen LogP contribution in [0.5, 0.6) is 0 Å². The van der Waals surface area contributed by atoms with Crippen molar-refractivity contribution >= 4 is 0 Å². The Morgan fingerprint density at radius 3 is 0.955 bits per heavy atom. The van der Waals surface area contributed by atoms with Crippen LogP contribution in [0, 0.1) is 0 Å². The molecule has 8 nitrogen and oxygen atoms in total. The van der Waals surface area contributed by atoms with Crippen molar-refractivity contribution in [3.05, 3.63) is 231 Å². The Kier molecular flexibility index (Phi) is 10.8. The van der Waals surface area contributed by atoms with Gasteiger partial charge in [-0.05, 0) is 53.1 Å². The van der Waals surface area contributed by atoms with Crippen molar-refractivity contribution in [1.82, 2.24) is 39.9 Å². The molecular weight excluding hydrogens is 809 g/mol. The average molecular weight is 847 g/mol. The molecule has 11 aromatic rings. The number of hydrogen-bond donors (Lipinski definition) is 0. The number of aromatic nitrogens is 8. The quantitative estimate of drug-likeness (QED) is 0.134. The molecule has 0 unspecified atom stereocenters. The molecule has 0 aliphatic heterocycles. The summed E-state index contributed by atoms with van der Waals surface area (Å²) in [5.41, 5.74) is 14.3. The molecule has 0 aliphatic rings. The van der Waals surface area contributed by atoms with E-state index in [2.05, 4.69) is 84.9 Å². The highest BCUT2D eigenvalue weighted by Gasteiger charge is 2.16. The van der Waals surface area contributed by atoms with E-state index in [1.165, 1.54) is 0 Å². The smallest absolute Gasteiger partial charge is 0.165 e. The molecule has 0 amide bonds. The molecule has 0 bridgehead atoms. The molecule has 0 spiro atoms. The fourth-order valence-corrected chi connectivity index (χ4v) is 7.82. The molecule has 0 fully saturated rings. The molecule has 0 radical (unpaired) electrons. The molecule has 8 heteroatoms. The number of benzene rings is 6. The third-order valence-corrected chi connectivity index (χ3v) is 11.3. The maximum Gasteiger partial charge on any atom is 0.165 e. The molecule has 5 heterocycles. The van der Waals surface area contributed by atoms with Crippen molar-refractivity contribution in [3.63, 3.8) is 0 Å². The van der Waals surface area contributed by atoms with Crippen LogP contribution in [0.2, 0.25) is 0 Å². The van der Waals surface area contributed by atoms with Gasteiger partial charge in [0.25, 0.3) is 0 Å². The van der Waals surface area contributed by atoms with Gasteiger partial charge in [-0.1, -0.05) is 182 Å². The summed E-state index contributed by atoms with van der Waals surface area (Å²) in [5.74, 6) is 2.39. The molecular formula is C58H38N8. The normalized spacial score (nSPS) is 11.0. The average Bonchev–Trinajstić information content (AvgIpc) is 3.42.